The molecule has 11 heteroatoms. The summed E-state index contributed by atoms with van der Waals surface area (Å²) in [5, 5.41) is 9.08. The van der Waals surface area contributed by atoms with Crippen LogP contribution in [0.4, 0.5) is 4.79 Å². The third-order valence-corrected chi connectivity index (χ3v) is 6.94. The lowest BCUT2D eigenvalue weighted by atomic mass is 10.0. The standard InChI is InChI=1S/C30H39N5O5S/c1-30(2,3)40-29(39)35-25(17-20-18-32-22-13-9-8-12-21(20)22)28(38)33-23(14-15-41-4)27(37)34-24(26(31)36)16-19-10-6-5-7-11-19/h5-13,18,23-25,32H,14-17H2,1-4H3,(H2,31,36)(H,33,38)(H,34,37)(H,35,39)/t23-,24+,25-/m0/s1. The van der Waals surface area contributed by atoms with Gasteiger partial charge in [0.2, 0.25) is 17.7 Å². The first-order valence-electron chi connectivity index (χ1n) is 13.4. The van der Waals surface area contributed by atoms with E-state index in [9.17, 15) is 19.2 Å². The number of carbonyl (C=O) groups excluding carboxylic acids is 4. The number of aromatic amines is 1. The van der Waals surface area contributed by atoms with Crippen LogP contribution in [0.5, 0.6) is 0 Å². The third-order valence-electron chi connectivity index (χ3n) is 6.29. The zero-order valence-corrected chi connectivity index (χ0v) is 24.7. The molecule has 0 saturated carbocycles. The summed E-state index contributed by atoms with van der Waals surface area (Å²) >= 11 is 1.52. The summed E-state index contributed by atoms with van der Waals surface area (Å²) in [7, 11) is 0. The van der Waals surface area contributed by atoms with Crippen molar-refractivity contribution in [3.8, 4) is 0 Å². The Morgan fingerprint density at radius 2 is 1.51 bits per heavy atom. The van der Waals surface area contributed by atoms with E-state index in [1.54, 1.807) is 27.0 Å². The molecule has 3 aromatic rings. The number of amides is 4. The van der Waals surface area contributed by atoms with Crippen molar-refractivity contribution in [1.29, 1.82) is 0 Å². The number of primary amides is 1. The van der Waals surface area contributed by atoms with E-state index in [1.165, 1.54) is 11.8 Å². The molecule has 0 spiro atoms. The molecule has 1 heterocycles. The van der Waals surface area contributed by atoms with Crippen molar-refractivity contribution in [3.63, 3.8) is 0 Å². The number of para-hydroxylation sites is 1. The van der Waals surface area contributed by atoms with Gasteiger partial charge in [0, 0.05) is 29.9 Å². The van der Waals surface area contributed by atoms with Crippen molar-refractivity contribution < 1.29 is 23.9 Å². The summed E-state index contributed by atoms with van der Waals surface area (Å²) in [4.78, 5) is 55.0. The van der Waals surface area contributed by atoms with Crippen molar-refractivity contribution in [2.24, 2.45) is 5.73 Å². The van der Waals surface area contributed by atoms with E-state index in [4.69, 9.17) is 10.5 Å². The van der Waals surface area contributed by atoms with Crippen LogP contribution < -0.4 is 21.7 Å². The minimum atomic E-state index is -1.04. The Bertz CT molecular complexity index is 1340. The van der Waals surface area contributed by atoms with Crippen LogP contribution in [0.1, 0.15) is 38.3 Å². The lowest BCUT2D eigenvalue weighted by Gasteiger charge is -2.26. The maximum Gasteiger partial charge on any atom is 0.408 e. The molecule has 3 atom stereocenters. The first kappa shape index (κ1) is 31.5. The predicted octanol–water partition coefficient (Wildman–Crippen LogP) is 3.05. The van der Waals surface area contributed by atoms with Crippen molar-refractivity contribution in [2.45, 2.75) is 63.8 Å². The van der Waals surface area contributed by atoms with Gasteiger partial charge in [-0.2, -0.15) is 11.8 Å². The summed E-state index contributed by atoms with van der Waals surface area (Å²) in [6.07, 6.45) is 3.61. The lowest BCUT2D eigenvalue weighted by molar-refractivity contribution is -0.132. The summed E-state index contributed by atoms with van der Waals surface area (Å²) in [6, 6.07) is 13.9. The second-order valence-electron chi connectivity index (χ2n) is 10.8. The van der Waals surface area contributed by atoms with Gasteiger partial charge >= 0.3 is 6.09 Å². The van der Waals surface area contributed by atoms with Crippen LogP contribution in [0.2, 0.25) is 0 Å². The Kier molecular flexibility index (Phi) is 11.2. The number of alkyl carbamates (subject to hydrolysis) is 1. The maximum atomic E-state index is 13.6. The van der Waals surface area contributed by atoms with Gasteiger partial charge in [-0.3, -0.25) is 14.4 Å². The summed E-state index contributed by atoms with van der Waals surface area (Å²) in [5.74, 6) is -1.19. The lowest BCUT2D eigenvalue weighted by Crippen LogP contribution is -2.57. The number of aromatic nitrogens is 1. The van der Waals surface area contributed by atoms with Crippen LogP contribution in [0, 0.1) is 0 Å². The molecule has 0 saturated heterocycles. The Balaban J connectivity index is 1.80. The predicted molar refractivity (Wildman–Crippen MR) is 161 cm³/mol. The highest BCUT2D eigenvalue weighted by atomic mass is 32.2. The number of hydrogen-bond donors (Lipinski definition) is 5. The summed E-state index contributed by atoms with van der Waals surface area (Å²) in [5.41, 5.74) is 7.38. The molecule has 4 amide bonds. The SMILES string of the molecule is CSCC[C@H](NC(=O)[C@H](Cc1c[nH]c2ccccc12)NC(=O)OC(C)(C)C)C(=O)N[C@H](Cc1ccccc1)C(N)=O. The van der Waals surface area contributed by atoms with Crippen molar-refractivity contribution in [1.82, 2.24) is 20.9 Å². The topological polar surface area (TPSA) is 155 Å². The van der Waals surface area contributed by atoms with E-state index < -0.39 is 47.5 Å². The second-order valence-corrected chi connectivity index (χ2v) is 11.7. The van der Waals surface area contributed by atoms with E-state index in [0.717, 1.165) is 22.0 Å². The van der Waals surface area contributed by atoms with Crippen LogP contribution in [-0.2, 0) is 32.0 Å². The summed E-state index contributed by atoms with van der Waals surface area (Å²) < 4.78 is 5.41. The Morgan fingerprint density at radius 3 is 2.17 bits per heavy atom. The zero-order valence-electron chi connectivity index (χ0n) is 23.9. The minimum Gasteiger partial charge on any atom is -0.444 e. The largest absolute Gasteiger partial charge is 0.444 e. The monoisotopic (exact) mass is 581 g/mol. The molecule has 41 heavy (non-hydrogen) atoms. The molecule has 1 aromatic heterocycles. The Morgan fingerprint density at radius 1 is 0.878 bits per heavy atom. The van der Waals surface area contributed by atoms with Crippen molar-refractivity contribution in [3.05, 3.63) is 71.9 Å². The van der Waals surface area contributed by atoms with Crippen LogP contribution in [0.15, 0.2) is 60.8 Å². The van der Waals surface area contributed by atoms with Gasteiger partial charge < -0.3 is 31.4 Å². The molecule has 0 radical (unpaired) electrons. The highest BCUT2D eigenvalue weighted by Crippen LogP contribution is 2.20. The van der Waals surface area contributed by atoms with E-state index in [2.05, 4.69) is 20.9 Å². The fourth-order valence-corrected chi connectivity index (χ4v) is 4.77. The quantitative estimate of drug-likeness (QED) is 0.209. The maximum absolute atomic E-state index is 13.6. The van der Waals surface area contributed by atoms with Gasteiger partial charge in [-0.15, -0.1) is 0 Å². The second kappa shape index (κ2) is 14.6. The van der Waals surface area contributed by atoms with Gasteiger partial charge in [-0.05, 0) is 56.4 Å². The fourth-order valence-electron chi connectivity index (χ4n) is 4.30. The number of fused-ring (bicyclic) bond motifs is 1. The van der Waals surface area contributed by atoms with E-state index in [0.29, 0.717) is 12.2 Å². The number of nitrogens with two attached hydrogens (primary N) is 1. The highest BCUT2D eigenvalue weighted by Gasteiger charge is 2.30. The third kappa shape index (κ3) is 9.86. The molecule has 2 aromatic carbocycles. The van der Waals surface area contributed by atoms with Gasteiger partial charge in [-0.25, -0.2) is 4.79 Å². The first-order valence-corrected chi connectivity index (χ1v) is 14.8. The number of ether oxygens (including phenoxy) is 1. The number of nitrogens with one attached hydrogen (secondary N) is 4. The molecule has 220 valence electrons. The van der Waals surface area contributed by atoms with Gasteiger partial charge in [0.25, 0.3) is 0 Å². The average molecular weight is 582 g/mol. The van der Waals surface area contributed by atoms with E-state index >= 15 is 0 Å². The van der Waals surface area contributed by atoms with Crippen LogP contribution >= 0.6 is 11.8 Å². The number of H-pyrrole nitrogens is 1. The molecule has 0 bridgehead atoms. The number of carbonyl (C=O) groups is 4. The molecule has 0 aliphatic rings. The van der Waals surface area contributed by atoms with Gasteiger partial charge in [0.15, 0.2) is 0 Å². The Hall–Kier alpha value is -3.99. The molecular formula is C30H39N5O5S. The number of rotatable bonds is 13. The molecule has 6 N–H and O–H groups in total. The van der Waals surface area contributed by atoms with Crippen molar-refractivity contribution in [2.75, 3.05) is 12.0 Å². The molecular weight excluding hydrogens is 542 g/mol. The fraction of sp³-hybridized carbons (Fsp3) is 0.400. The molecule has 3 rings (SSSR count). The van der Waals surface area contributed by atoms with Gasteiger partial charge in [0.05, 0.1) is 0 Å². The van der Waals surface area contributed by atoms with Crippen molar-refractivity contribution >= 4 is 46.5 Å². The number of hydrogen-bond acceptors (Lipinski definition) is 6. The van der Waals surface area contributed by atoms with Crippen LogP contribution in [0.3, 0.4) is 0 Å². The molecule has 0 fully saturated rings. The highest BCUT2D eigenvalue weighted by molar-refractivity contribution is 7.98. The molecule has 0 unspecified atom stereocenters. The number of thioether (sulfide) groups is 1. The van der Waals surface area contributed by atoms with Gasteiger partial charge in [0.1, 0.15) is 23.7 Å². The normalized spacial score (nSPS) is 13.6. The smallest absolute Gasteiger partial charge is 0.408 e. The van der Waals surface area contributed by atoms with Gasteiger partial charge in [-0.1, -0.05) is 48.5 Å². The molecule has 0 aliphatic heterocycles. The molecule has 10 nitrogen and oxygen atoms in total. The zero-order chi connectivity index (χ0) is 30.0. The Labute approximate surface area is 244 Å². The van der Waals surface area contributed by atoms with Crippen LogP contribution in [-0.4, -0.2) is 64.5 Å². The minimum absolute atomic E-state index is 0.157. The summed E-state index contributed by atoms with van der Waals surface area (Å²) in [6.45, 7) is 5.19. The van der Waals surface area contributed by atoms with E-state index in [1.807, 2.05) is 60.9 Å². The number of benzene rings is 2. The van der Waals surface area contributed by atoms with Crippen LogP contribution in [0.25, 0.3) is 10.9 Å². The molecule has 0 aliphatic carbocycles. The van der Waals surface area contributed by atoms with E-state index in [-0.39, 0.29) is 12.8 Å². The average Bonchev–Trinajstić information content (AvgIpc) is 3.32. The first-order chi connectivity index (χ1) is 19.5.